The molecule has 0 saturated heterocycles. The van der Waals surface area contributed by atoms with Crippen LogP contribution in [-0.2, 0) is 10.0 Å². The van der Waals surface area contributed by atoms with E-state index in [4.69, 9.17) is 28.5 Å². The van der Waals surface area contributed by atoms with Gasteiger partial charge in [0.1, 0.15) is 16.1 Å². The van der Waals surface area contributed by atoms with Gasteiger partial charge in [0.15, 0.2) is 0 Å². The Bertz CT molecular complexity index is 832. The van der Waals surface area contributed by atoms with Crippen molar-refractivity contribution in [1.29, 1.82) is 5.26 Å². The van der Waals surface area contributed by atoms with Crippen LogP contribution < -0.4 is 4.31 Å². The molecule has 0 N–H and O–H groups in total. The molecule has 0 spiro atoms. The average molecular weight is 342 g/mol. The summed E-state index contributed by atoms with van der Waals surface area (Å²) in [7, 11) is -2.53. The van der Waals surface area contributed by atoms with E-state index in [0.717, 1.165) is 10.5 Å². The molecule has 21 heavy (non-hydrogen) atoms. The van der Waals surface area contributed by atoms with E-state index in [1.165, 1.54) is 19.2 Å². The summed E-state index contributed by atoms with van der Waals surface area (Å²) in [5, 5.41) is 9.13. The summed E-state index contributed by atoms with van der Waals surface area (Å²) in [6, 6.07) is 9.55. The molecular formula is C13H9Cl2N3O2S. The zero-order chi connectivity index (χ0) is 15.6. The molecule has 108 valence electrons. The summed E-state index contributed by atoms with van der Waals surface area (Å²) in [5.74, 6) is 0. The Hall–Kier alpha value is -1.81. The van der Waals surface area contributed by atoms with E-state index < -0.39 is 10.0 Å². The van der Waals surface area contributed by atoms with E-state index in [-0.39, 0.29) is 26.3 Å². The van der Waals surface area contributed by atoms with Crippen LogP contribution in [0.5, 0.6) is 0 Å². The average Bonchev–Trinajstić information content (AvgIpc) is 2.49. The number of hydrogen-bond acceptors (Lipinski definition) is 4. The van der Waals surface area contributed by atoms with E-state index >= 15 is 0 Å². The summed E-state index contributed by atoms with van der Waals surface area (Å²) in [6.45, 7) is 0. The molecule has 0 bridgehead atoms. The molecular weight excluding hydrogens is 333 g/mol. The van der Waals surface area contributed by atoms with Crippen LogP contribution in [0.3, 0.4) is 0 Å². The van der Waals surface area contributed by atoms with Crippen molar-refractivity contribution in [1.82, 2.24) is 4.98 Å². The third-order valence-electron chi connectivity index (χ3n) is 2.79. The lowest BCUT2D eigenvalue weighted by Crippen LogP contribution is -2.27. The highest BCUT2D eigenvalue weighted by Crippen LogP contribution is 2.27. The van der Waals surface area contributed by atoms with E-state index in [9.17, 15) is 8.42 Å². The number of aromatic nitrogens is 1. The Morgan fingerprint density at radius 3 is 2.57 bits per heavy atom. The van der Waals surface area contributed by atoms with Crippen LogP contribution in [0.15, 0.2) is 41.4 Å². The molecule has 2 rings (SSSR count). The van der Waals surface area contributed by atoms with Crippen LogP contribution in [0.2, 0.25) is 10.2 Å². The molecule has 0 aliphatic rings. The van der Waals surface area contributed by atoms with E-state index in [0.29, 0.717) is 0 Å². The number of benzene rings is 1. The highest BCUT2D eigenvalue weighted by atomic mass is 35.5. The quantitative estimate of drug-likeness (QED) is 0.804. The summed E-state index contributed by atoms with van der Waals surface area (Å²) in [5.41, 5.74) is 0.516. The van der Waals surface area contributed by atoms with Crippen molar-refractivity contribution in [3.8, 4) is 6.07 Å². The minimum absolute atomic E-state index is 0.0238. The Labute approximate surface area is 132 Å². The van der Waals surface area contributed by atoms with Gasteiger partial charge < -0.3 is 0 Å². The SMILES string of the molecule is CN(c1ccccc1C#N)S(=O)(=O)c1cnc(Cl)c(Cl)c1. The maximum absolute atomic E-state index is 12.5. The second-order valence-electron chi connectivity index (χ2n) is 4.05. The van der Waals surface area contributed by atoms with Gasteiger partial charge in [0.2, 0.25) is 0 Å². The third kappa shape index (κ3) is 2.95. The first kappa shape index (κ1) is 15.6. The molecule has 0 saturated carbocycles. The van der Waals surface area contributed by atoms with Crippen LogP contribution in [0.25, 0.3) is 0 Å². The largest absolute Gasteiger partial charge is 0.268 e. The van der Waals surface area contributed by atoms with Gasteiger partial charge in [-0.1, -0.05) is 35.3 Å². The molecule has 1 heterocycles. The smallest absolute Gasteiger partial charge is 0.265 e. The first-order valence-electron chi connectivity index (χ1n) is 5.67. The molecule has 0 radical (unpaired) electrons. The standard InChI is InChI=1S/C13H9Cl2N3O2S/c1-18(12-5-3-2-4-9(12)7-16)21(19,20)10-6-11(14)13(15)17-8-10/h2-6,8H,1H3. The molecule has 0 atom stereocenters. The summed E-state index contributed by atoms with van der Waals surface area (Å²) >= 11 is 11.5. The Morgan fingerprint density at radius 2 is 1.95 bits per heavy atom. The van der Waals surface area contributed by atoms with Crippen molar-refractivity contribution in [2.45, 2.75) is 4.90 Å². The Kier molecular flexibility index (Phi) is 4.37. The van der Waals surface area contributed by atoms with Gasteiger partial charge in [0.25, 0.3) is 10.0 Å². The number of nitrogens with zero attached hydrogens (tertiary/aromatic N) is 3. The highest BCUT2D eigenvalue weighted by molar-refractivity contribution is 7.92. The molecule has 5 nitrogen and oxygen atoms in total. The van der Waals surface area contributed by atoms with Crippen LogP contribution in [0.4, 0.5) is 5.69 Å². The van der Waals surface area contributed by atoms with E-state index in [2.05, 4.69) is 4.98 Å². The molecule has 0 aliphatic carbocycles. The number of nitriles is 1. The highest BCUT2D eigenvalue weighted by Gasteiger charge is 2.24. The molecule has 1 aromatic carbocycles. The Morgan fingerprint density at radius 1 is 1.29 bits per heavy atom. The van der Waals surface area contributed by atoms with Gasteiger partial charge in [-0.2, -0.15) is 5.26 Å². The number of para-hydroxylation sites is 1. The lowest BCUT2D eigenvalue weighted by Gasteiger charge is -2.20. The molecule has 0 aliphatic heterocycles. The first-order valence-corrected chi connectivity index (χ1v) is 7.86. The van der Waals surface area contributed by atoms with Gasteiger partial charge in [0, 0.05) is 13.2 Å². The summed E-state index contributed by atoms with van der Waals surface area (Å²) < 4.78 is 26.1. The number of hydrogen-bond donors (Lipinski definition) is 0. The van der Waals surface area contributed by atoms with E-state index in [1.807, 2.05) is 6.07 Å². The van der Waals surface area contributed by atoms with Crippen molar-refractivity contribution in [2.24, 2.45) is 0 Å². The van der Waals surface area contributed by atoms with Crippen LogP contribution >= 0.6 is 23.2 Å². The van der Waals surface area contributed by atoms with E-state index in [1.54, 1.807) is 18.2 Å². The van der Waals surface area contributed by atoms with Crippen LogP contribution in [-0.4, -0.2) is 20.4 Å². The van der Waals surface area contributed by atoms with Crippen molar-refractivity contribution in [3.05, 3.63) is 52.3 Å². The van der Waals surface area contributed by atoms with Gasteiger partial charge in [-0.15, -0.1) is 0 Å². The van der Waals surface area contributed by atoms with Gasteiger partial charge >= 0.3 is 0 Å². The predicted molar refractivity (Wildman–Crippen MR) is 81.0 cm³/mol. The third-order valence-corrected chi connectivity index (χ3v) is 5.22. The number of anilines is 1. The fourth-order valence-corrected chi connectivity index (χ4v) is 3.20. The number of sulfonamides is 1. The molecule has 0 unspecified atom stereocenters. The van der Waals surface area contributed by atoms with Gasteiger partial charge in [-0.05, 0) is 18.2 Å². The number of rotatable bonds is 3. The number of halogens is 2. The van der Waals surface area contributed by atoms with Crippen molar-refractivity contribution in [3.63, 3.8) is 0 Å². The number of pyridine rings is 1. The predicted octanol–water partition coefficient (Wildman–Crippen LogP) is 3.09. The van der Waals surface area contributed by atoms with Gasteiger partial charge in [0.05, 0.1) is 16.3 Å². The maximum atomic E-state index is 12.5. The minimum Gasteiger partial charge on any atom is -0.268 e. The molecule has 0 fully saturated rings. The molecule has 0 amide bonds. The van der Waals surface area contributed by atoms with Crippen LogP contribution in [0, 0.1) is 11.3 Å². The van der Waals surface area contributed by atoms with Crippen molar-refractivity contribution >= 4 is 38.9 Å². The lowest BCUT2D eigenvalue weighted by molar-refractivity contribution is 0.594. The summed E-state index contributed by atoms with van der Waals surface area (Å²) in [6.07, 6.45) is 1.12. The maximum Gasteiger partial charge on any atom is 0.265 e. The molecule has 8 heteroatoms. The fourth-order valence-electron chi connectivity index (χ4n) is 1.68. The van der Waals surface area contributed by atoms with Gasteiger partial charge in [-0.25, -0.2) is 13.4 Å². The zero-order valence-electron chi connectivity index (χ0n) is 10.8. The first-order chi connectivity index (χ1) is 9.87. The molecule has 2 aromatic rings. The topological polar surface area (TPSA) is 74.1 Å². The minimum atomic E-state index is -3.89. The summed E-state index contributed by atoms with van der Waals surface area (Å²) in [4.78, 5) is 3.62. The monoisotopic (exact) mass is 341 g/mol. The van der Waals surface area contributed by atoms with Crippen molar-refractivity contribution < 1.29 is 8.42 Å². The van der Waals surface area contributed by atoms with Crippen LogP contribution in [0.1, 0.15) is 5.56 Å². The normalized spacial score (nSPS) is 11.0. The second-order valence-corrected chi connectivity index (χ2v) is 6.78. The van der Waals surface area contributed by atoms with Gasteiger partial charge in [-0.3, -0.25) is 4.31 Å². The second kappa shape index (κ2) is 5.90. The lowest BCUT2D eigenvalue weighted by atomic mass is 10.2. The van der Waals surface area contributed by atoms with Crippen molar-refractivity contribution in [2.75, 3.05) is 11.4 Å². The fraction of sp³-hybridized carbons (Fsp3) is 0.0769. The Balaban J connectivity index is 2.53. The molecule has 1 aromatic heterocycles. The zero-order valence-corrected chi connectivity index (χ0v) is 13.1.